The summed E-state index contributed by atoms with van der Waals surface area (Å²) in [7, 11) is 0. The molecule has 2 aliphatic heterocycles. The van der Waals surface area contributed by atoms with E-state index in [9.17, 15) is 4.79 Å². The van der Waals surface area contributed by atoms with Crippen molar-refractivity contribution in [3.8, 4) is 0 Å². The van der Waals surface area contributed by atoms with E-state index < -0.39 is 5.97 Å². The van der Waals surface area contributed by atoms with E-state index in [4.69, 9.17) is 14.6 Å². The lowest BCUT2D eigenvalue weighted by Gasteiger charge is -2.24. The Labute approximate surface area is 102 Å². The van der Waals surface area contributed by atoms with Gasteiger partial charge in [-0.3, -0.25) is 4.79 Å². The molecule has 3 atom stereocenters. The normalized spacial score (nSPS) is 34.3. The number of nitrogens with zero attached hydrogens (tertiary/aromatic N) is 1. The van der Waals surface area contributed by atoms with Gasteiger partial charge in [0, 0.05) is 12.5 Å². The molecule has 0 saturated carbocycles. The molecule has 0 bridgehead atoms. The molecule has 2 saturated heterocycles. The number of hydrogen-bond donors (Lipinski definition) is 1. The second-order valence-corrected chi connectivity index (χ2v) is 4.78. The van der Waals surface area contributed by atoms with E-state index in [1.54, 1.807) is 0 Å². The lowest BCUT2D eigenvalue weighted by Crippen LogP contribution is -2.32. The molecule has 0 aromatic heterocycles. The van der Waals surface area contributed by atoms with Gasteiger partial charge in [0.15, 0.2) is 6.29 Å². The molecule has 0 radical (unpaired) electrons. The molecule has 17 heavy (non-hydrogen) atoms. The summed E-state index contributed by atoms with van der Waals surface area (Å²) in [5.74, 6) is -0.824. The molecule has 0 aromatic rings. The Morgan fingerprint density at radius 1 is 1.53 bits per heavy atom. The zero-order valence-corrected chi connectivity index (χ0v) is 10.3. The van der Waals surface area contributed by atoms with Crippen molar-refractivity contribution in [2.45, 2.75) is 51.0 Å². The summed E-state index contributed by atoms with van der Waals surface area (Å²) in [6.45, 7) is 4.81. The van der Waals surface area contributed by atoms with Crippen molar-refractivity contribution in [2.24, 2.45) is 0 Å². The van der Waals surface area contributed by atoms with Crippen molar-refractivity contribution in [2.75, 3.05) is 19.7 Å². The van der Waals surface area contributed by atoms with E-state index in [0.29, 0.717) is 12.6 Å². The van der Waals surface area contributed by atoms with Crippen LogP contribution in [-0.2, 0) is 14.3 Å². The van der Waals surface area contributed by atoms with Crippen LogP contribution in [0.4, 0.5) is 0 Å². The number of aliphatic carboxylic acids is 1. The fourth-order valence-electron chi connectivity index (χ4n) is 2.73. The molecule has 2 fully saturated rings. The van der Waals surface area contributed by atoms with E-state index in [2.05, 4.69) is 11.8 Å². The van der Waals surface area contributed by atoms with Crippen molar-refractivity contribution in [1.29, 1.82) is 0 Å². The second-order valence-electron chi connectivity index (χ2n) is 4.78. The topological polar surface area (TPSA) is 59.0 Å². The first-order valence-electron chi connectivity index (χ1n) is 6.42. The first-order valence-corrected chi connectivity index (χ1v) is 6.42. The number of hydrogen-bond acceptors (Lipinski definition) is 4. The van der Waals surface area contributed by atoms with E-state index in [-0.39, 0.29) is 18.8 Å². The number of ether oxygens (including phenoxy) is 2. The van der Waals surface area contributed by atoms with Crippen LogP contribution in [0.25, 0.3) is 0 Å². The molecule has 0 spiro atoms. The summed E-state index contributed by atoms with van der Waals surface area (Å²) in [5.41, 5.74) is 0. The molecule has 98 valence electrons. The Morgan fingerprint density at radius 3 is 3.06 bits per heavy atom. The van der Waals surface area contributed by atoms with Crippen LogP contribution in [0.2, 0.25) is 0 Å². The number of likely N-dealkylation sites (tertiary alicyclic amines) is 1. The maximum Gasteiger partial charge on any atom is 0.306 e. The van der Waals surface area contributed by atoms with Gasteiger partial charge < -0.3 is 19.5 Å². The van der Waals surface area contributed by atoms with E-state index in [1.165, 1.54) is 12.8 Å². The third-order valence-electron chi connectivity index (χ3n) is 3.58. The fourth-order valence-corrected chi connectivity index (χ4v) is 2.73. The van der Waals surface area contributed by atoms with E-state index in [1.807, 2.05) is 0 Å². The maximum absolute atomic E-state index is 10.6. The van der Waals surface area contributed by atoms with Gasteiger partial charge in [-0.05, 0) is 25.9 Å². The lowest BCUT2D eigenvalue weighted by atomic mass is 10.1. The van der Waals surface area contributed by atoms with Crippen LogP contribution in [0.15, 0.2) is 0 Å². The number of carboxylic acid groups (broad SMARTS) is 1. The Bertz CT molecular complexity index is 271. The first-order chi connectivity index (χ1) is 8.19. The van der Waals surface area contributed by atoms with Crippen molar-refractivity contribution in [3.63, 3.8) is 0 Å². The summed E-state index contributed by atoms with van der Waals surface area (Å²) in [6, 6.07) is 0.536. The van der Waals surface area contributed by atoms with Crippen molar-refractivity contribution in [1.82, 2.24) is 4.90 Å². The molecular weight excluding hydrogens is 222 g/mol. The minimum absolute atomic E-state index is 0.0403. The molecule has 3 unspecified atom stereocenters. The van der Waals surface area contributed by atoms with E-state index in [0.717, 1.165) is 19.5 Å². The molecular formula is C12H21NO4. The molecule has 0 amide bonds. The van der Waals surface area contributed by atoms with Crippen LogP contribution in [-0.4, -0.2) is 54.1 Å². The zero-order chi connectivity index (χ0) is 12.3. The third-order valence-corrected chi connectivity index (χ3v) is 3.58. The van der Waals surface area contributed by atoms with Crippen LogP contribution >= 0.6 is 0 Å². The molecule has 5 heteroatoms. The third kappa shape index (κ3) is 3.40. The first kappa shape index (κ1) is 12.8. The highest BCUT2D eigenvalue weighted by Gasteiger charge is 2.32. The van der Waals surface area contributed by atoms with Gasteiger partial charge in [-0.2, -0.15) is 0 Å². The summed E-state index contributed by atoms with van der Waals surface area (Å²) in [5, 5.41) is 8.68. The number of carbonyl (C=O) groups is 1. The molecule has 2 rings (SSSR count). The van der Waals surface area contributed by atoms with Gasteiger partial charge >= 0.3 is 5.97 Å². The number of carboxylic acids is 1. The van der Waals surface area contributed by atoms with Crippen LogP contribution < -0.4 is 0 Å². The molecule has 2 aliphatic rings. The predicted octanol–water partition coefficient (Wildman–Crippen LogP) is 1.08. The van der Waals surface area contributed by atoms with Gasteiger partial charge in [0.1, 0.15) is 0 Å². The minimum atomic E-state index is -0.824. The van der Waals surface area contributed by atoms with Gasteiger partial charge in [0.25, 0.3) is 0 Å². The van der Waals surface area contributed by atoms with Gasteiger partial charge in [-0.25, -0.2) is 0 Å². The highest BCUT2D eigenvalue weighted by Crippen LogP contribution is 2.25. The quantitative estimate of drug-likeness (QED) is 0.783. The molecule has 2 heterocycles. The minimum Gasteiger partial charge on any atom is -0.481 e. The average Bonchev–Trinajstić information content (AvgIpc) is 2.87. The lowest BCUT2D eigenvalue weighted by molar-refractivity contribution is -0.140. The Kier molecular flexibility index (Phi) is 4.36. The highest BCUT2D eigenvalue weighted by molar-refractivity contribution is 5.67. The van der Waals surface area contributed by atoms with Crippen LogP contribution in [0.1, 0.15) is 32.6 Å². The van der Waals surface area contributed by atoms with Gasteiger partial charge in [-0.1, -0.05) is 6.92 Å². The summed E-state index contributed by atoms with van der Waals surface area (Å²) in [6.07, 6.45) is 2.86. The zero-order valence-electron chi connectivity index (χ0n) is 10.3. The van der Waals surface area contributed by atoms with Crippen molar-refractivity contribution >= 4 is 5.97 Å². The SMILES string of the molecule is CCN1CCCC1CC1OCC(CC(=O)O)O1. The van der Waals surface area contributed by atoms with Gasteiger partial charge in [0.05, 0.1) is 19.1 Å². The smallest absolute Gasteiger partial charge is 0.306 e. The Hall–Kier alpha value is -0.650. The molecule has 5 nitrogen and oxygen atoms in total. The predicted molar refractivity (Wildman–Crippen MR) is 61.8 cm³/mol. The van der Waals surface area contributed by atoms with Crippen molar-refractivity contribution in [3.05, 3.63) is 0 Å². The summed E-state index contributed by atoms with van der Waals surface area (Å²) in [4.78, 5) is 13.0. The maximum atomic E-state index is 10.6. The van der Waals surface area contributed by atoms with Gasteiger partial charge in [0.2, 0.25) is 0 Å². The largest absolute Gasteiger partial charge is 0.481 e. The molecule has 1 N–H and O–H groups in total. The molecule has 0 aliphatic carbocycles. The van der Waals surface area contributed by atoms with Crippen LogP contribution in [0.5, 0.6) is 0 Å². The van der Waals surface area contributed by atoms with Crippen LogP contribution in [0, 0.1) is 0 Å². The Balaban J connectivity index is 1.75. The van der Waals surface area contributed by atoms with Gasteiger partial charge in [-0.15, -0.1) is 0 Å². The second kappa shape index (κ2) is 5.80. The standard InChI is InChI=1S/C12H21NO4/c1-2-13-5-3-4-9(13)6-12-16-8-10(17-12)7-11(14)15/h9-10,12H,2-8H2,1H3,(H,14,15). The highest BCUT2D eigenvalue weighted by atomic mass is 16.7. The van der Waals surface area contributed by atoms with Crippen molar-refractivity contribution < 1.29 is 19.4 Å². The number of rotatable bonds is 5. The summed E-state index contributed by atoms with van der Waals surface area (Å²) >= 11 is 0. The van der Waals surface area contributed by atoms with E-state index >= 15 is 0 Å². The molecule has 0 aromatic carbocycles. The fraction of sp³-hybridized carbons (Fsp3) is 0.917. The Morgan fingerprint density at radius 2 is 2.35 bits per heavy atom. The van der Waals surface area contributed by atoms with Crippen LogP contribution in [0.3, 0.4) is 0 Å². The monoisotopic (exact) mass is 243 g/mol. The average molecular weight is 243 g/mol. The summed E-state index contributed by atoms with van der Waals surface area (Å²) < 4.78 is 11.1.